The summed E-state index contributed by atoms with van der Waals surface area (Å²) in [5.74, 6) is 4.78. The molecule has 180 valence electrons. The van der Waals surface area contributed by atoms with Crippen molar-refractivity contribution < 1.29 is 24.2 Å². The predicted molar refractivity (Wildman–Crippen MR) is 119 cm³/mol. The Balaban J connectivity index is 1.53. The van der Waals surface area contributed by atoms with Gasteiger partial charge in [0.25, 0.3) is 5.91 Å². The zero-order valence-electron chi connectivity index (χ0n) is 18.2. The number of fused-ring (bicyclic) bond motifs is 1. The summed E-state index contributed by atoms with van der Waals surface area (Å²) in [4.78, 5) is 37.3. The molecule has 3 heterocycles. The number of aliphatic hydroxyl groups is 1. The van der Waals surface area contributed by atoms with Crippen molar-refractivity contribution in [3.8, 4) is 5.75 Å². The van der Waals surface area contributed by atoms with Gasteiger partial charge in [0, 0.05) is 0 Å². The number of rotatable bonds is 7. The summed E-state index contributed by atoms with van der Waals surface area (Å²) in [6.45, 7) is 0. The smallest absolute Gasteiger partial charge is 0.265 e. The van der Waals surface area contributed by atoms with Gasteiger partial charge >= 0.3 is 0 Å². The Morgan fingerprint density at radius 1 is 1.26 bits per heavy atom. The van der Waals surface area contributed by atoms with Gasteiger partial charge < -0.3 is 31.4 Å². The summed E-state index contributed by atoms with van der Waals surface area (Å²) in [5.41, 5.74) is 15.3. The van der Waals surface area contributed by atoms with E-state index in [0.717, 1.165) is 5.56 Å². The first kappa shape index (κ1) is 23.3. The Kier molecular flexibility index (Phi) is 6.56. The van der Waals surface area contributed by atoms with E-state index in [2.05, 4.69) is 20.3 Å². The molecule has 1 fully saturated rings. The molecule has 2 aromatic heterocycles. The van der Waals surface area contributed by atoms with E-state index in [1.165, 1.54) is 17.2 Å². The Bertz CT molecular complexity index is 1180. The van der Waals surface area contributed by atoms with E-state index in [0.29, 0.717) is 11.3 Å². The molecule has 14 nitrogen and oxygen atoms in total. The van der Waals surface area contributed by atoms with Gasteiger partial charge in [-0.05, 0) is 24.1 Å². The molecule has 0 saturated carbocycles. The summed E-state index contributed by atoms with van der Waals surface area (Å²) >= 11 is 0. The fourth-order valence-electron chi connectivity index (χ4n) is 3.81. The van der Waals surface area contributed by atoms with Crippen molar-refractivity contribution >= 4 is 28.8 Å². The van der Waals surface area contributed by atoms with Crippen LogP contribution < -0.4 is 32.8 Å². The fourth-order valence-corrected chi connectivity index (χ4v) is 3.81. The molecule has 3 aromatic rings. The number of hydrogen-bond acceptors (Lipinski definition) is 11. The van der Waals surface area contributed by atoms with Gasteiger partial charge in [-0.15, -0.1) is 0 Å². The zero-order valence-corrected chi connectivity index (χ0v) is 18.2. The highest BCUT2D eigenvalue weighted by Crippen LogP contribution is 2.32. The molecule has 9 N–H and O–H groups in total. The second kappa shape index (κ2) is 9.56. The molecule has 5 atom stereocenters. The van der Waals surface area contributed by atoms with E-state index < -0.39 is 42.3 Å². The van der Waals surface area contributed by atoms with Crippen LogP contribution in [0.4, 0.5) is 5.82 Å². The Labute approximate surface area is 193 Å². The van der Waals surface area contributed by atoms with Gasteiger partial charge in [-0.2, -0.15) is 0 Å². The lowest BCUT2D eigenvalue weighted by atomic mass is 10.0. The van der Waals surface area contributed by atoms with Crippen molar-refractivity contribution in [3.05, 3.63) is 42.5 Å². The summed E-state index contributed by atoms with van der Waals surface area (Å²) < 4.78 is 12.3. The monoisotopic (exact) mass is 471 g/mol. The van der Waals surface area contributed by atoms with E-state index in [1.54, 1.807) is 31.4 Å². The normalized spacial score (nSPS) is 22.9. The van der Waals surface area contributed by atoms with E-state index in [9.17, 15) is 14.7 Å². The van der Waals surface area contributed by atoms with Crippen molar-refractivity contribution in [1.82, 2.24) is 30.3 Å². The highest BCUT2D eigenvalue weighted by atomic mass is 16.5. The summed E-state index contributed by atoms with van der Waals surface area (Å²) in [6, 6.07) is 4.98. The minimum absolute atomic E-state index is 0.141. The van der Waals surface area contributed by atoms with E-state index in [-0.39, 0.29) is 17.9 Å². The Morgan fingerprint density at radius 2 is 2.00 bits per heavy atom. The second-order valence-electron chi connectivity index (χ2n) is 7.72. The minimum Gasteiger partial charge on any atom is -0.497 e. The van der Waals surface area contributed by atoms with Gasteiger partial charge in [0.05, 0.1) is 25.5 Å². The van der Waals surface area contributed by atoms with E-state index >= 15 is 0 Å². The number of nitrogens with zero attached hydrogens (tertiary/aromatic N) is 4. The molecule has 0 bridgehead atoms. The van der Waals surface area contributed by atoms with Crippen LogP contribution in [-0.2, 0) is 20.7 Å². The molecule has 4 rings (SSSR count). The molecule has 0 aliphatic carbocycles. The third-order valence-corrected chi connectivity index (χ3v) is 5.59. The lowest BCUT2D eigenvalue weighted by molar-refractivity contribution is -0.135. The van der Waals surface area contributed by atoms with Gasteiger partial charge in [-0.25, -0.2) is 20.8 Å². The molecule has 0 radical (unpaired) electrons. The maximum atomic E-state index is 12.8. The molecule has 0 spiro atoms. The maximum absolute atomic E-state index is 12.8. The average Bonchev–Trinajstić information content (AvgIpc) is 3.41. The molecule has 1 aromatic carbocycles. The number of aromatic nitrogens is 4. The van der Waals surface area contributed by atoms with Crippen LogP contribution in [0.15, 0.2) is 36.9 Å². The quantitative estimate of drug-likeness (QED) is 0.122. The van der Waals surface area contributed by atoms with Crippen LogP contribution in [0.5, 0.6) is 5.75 Å². The molecule has 1 saturated heterocycles. The molecular formula is C20H25N9O5. The Morgan fingerprint density at radius 3 is 2.68 bits per heavy atom. The number of carbonyl (C=O) groups is 2. The first-order valence-corrected chi connectivity index (χ1v) is 10.3. The first-order valence-electron chi connectivity index (χ1n) is 10.3. The van der Waals surface area contributed by atoms with Crippen molar-refractivity contribution in [3.63, 3.8) is 0 Å². The number of carbonyl (C=O) groups excluding carboxylic acids is 2. The van der Waals surface area contributed by atoms with Gasteiger partial charge in [-0.3, -0.25) is 19.6 Å². The molecule has 2 amide bonds. The van der Waals surface area contributed by atoms with Crippen molar-refractivity contribution in [2.24, 2.45) is 11.6 Å². The highest BCUT2D eigenvalue weighted by Gasteiger charge is 2.49. The largest absolute Gasteiger partial charge is 0.497 e. The summed E-state index contributed by atoms with van der Waals surface area (Å²) in [5, 5.41) is 13.6. The standard InChI is InChI=1S/C20H25N9O5/c1-33-10-4-2-9(3-5-10)6-11(21)18(31)27-12-14(30)20(34-15(12)19(32)28-23)29-8-26-13-16(22)24-7-25-17(13)29/h2-5,7-8,11-12,14-15,20,30H,6,21,23H2,1H3,(H,27,31)(H,28,32)(H2,22,24,25). The van der Waals surface area contributed by atoms with Crippen LogP contribution >= 0.6 is 0 Å². The number of nitrogens with two attached hydrogens (primary N) is 3. The van der Waals surface area contributed by atoms with Crippen LogP contribution in [0.3, 0.4) is 0 Å². The second-order valence-corrected chi connectivity index (χ2v) is 7.72. The zero-order chi connectivity index (χ0) is 24.4. The lowest BCUT2D eigenvalue weighted by Gasteiger charge is -2.23. The number of anilines is 1. The number of nitrogen functional groups attached to an aromatic ring is 1. The number of imidazole rings is 1. The van der Waals surface area contributed by atoms with E-state index in [1.807, 2.05) is 5.43 Å². The minimum atomic E-state index is -1.37. The number of aliphatic hydroxyl groups excluding tert-OH is 1. The number of benzene rings is 1. The topological polar surface area (TPSA) is 219 Å². The Hall–Kier alpha value is -3.85. The van der Waals surface area contributed by atoms with Crippen molar-refractivity contribution in [2.75, 3.05) is 12.8 Å². The van der Waals surface area contributed by atoms with Gasteiger partial charge in [0.2, 0.25) is 5.91 Å². The highest BCUT2D eigenvalue weighted by molar-refractivity contribution is 5.86. The van der Waals surface area contributed by atoms with Crippen molar-refractivity contribution in [1.29, 1.82) is 0 Å². The van der Waals surface area contributed by atoms with Gasteiger partial charge in [-0.1, -0.05) is 12.1 Å². The summed E-state index contributed by atoms with van der Waals surface area (Å²) in [7, 11) is 1.55. The molecule has 5 unspecified atom stereocenters. The predicted octanol–water partition coefficient (Wildman–Crippen LogP) is -2.28. The van der Waals surface area contributed by atoms with Gasteiger partial charge in [0.1, 0.15) is 23.7 Å². The third-order valence-electron chi connectivity index (χ3n) is 5.59. The van der Waals surface area contributed by atoms with Crippen LogP contribution in [0, 0.1) is 0 Å². The molecule has 14 heteroatoms. The number of nitrogens with one attached hydrogen (secondary N) is 2. The first-order chi connectivity index (χ1) is 16.3. The lowest BCUT2D eigenvalue weighted by Crippen LogP contribution is -2.56. The maximum Gasteiger partial charge on any atom is 0.265 e. The molecular weight excluding hydrogens is 446 g/mol. The van der Waals surface area contributed by atoms with E-state index in [4.69, 9.17) is 26.8 Å². The van der Waals surface area contributed by atoms with Gasteiger partial charge in [0.15, 0.2) is 23.8 Å². The summed E-state index contributed by atoms with van der Waals surface area (Å²) in [6.07, 6.45) is -0.991. The third kappa shape index (κ3) is 4.34. The van der Waals surface area contributed by atoms with Crippen LogP contribution in [-0.4, -0.2) is 67.8 Å². The number of ether oxygens (including phenoxy) is 2. The van der Waals surface area contributed by atoms with Crippen LogP contribution in [0.2, 0.25) is 0 Å². The number of hydrogen-bond donors (Lipinski definition) is 6. The SMILES string of the molecule is COc1ccc(CC(N)C(=O)NC2C(C(=O)NN)OC(n3cnc4c(N)ncnc43)C2O)cc1. The molecule has 1 aliphatic heterocycles. The van der Waals surface area contributed by atoms with Crippen molar-refractivity contribution in [2.45, 2.75) is 36.9 Å². The van der Waals surface area contributed by atoms with Crippen LogP contribution in [0.1, 0.15) is 11.8 Å². The molecule has 34 heavy (non-hydrogen) atoms. The fraction of sp³-hybridized carbons (Fsp3) is 0.350. The van der Waals surface area contributed by atoms with Crippen LogP contribution in [0.25, 0.3) is 11.2 Å². The number of methoxy groups -OCH3 is 1. The average molecular weight is 471 g/mol. The number of amides is 2. The molecule has 1 aliphatic rings. The number of hydrazine groups is 1.